The molecule has 2 aromatic carbocycles. The van der Waals surface area contributed by atoms with Gasteiger partial charge in [0.05, 0.1) is 10.6 Å². The normalized spacial score (nSPS) is 11.5. The molecule has 2 aromatic rings. The number of nitrogens with one attached hydrogen (secondary N) is 1. The molecule has 0 fully saturated rings. The van der Waals surface area contributed by atoms with Gasteiger partial charge in [-0.1, -0.05) is 18.2 Å². The molecule has 1 atom stereocenters. The molecule has 6 heteroatoms. The maximum absolute atomic E-state index is 13.5. The van der Waals surface area contributed by atoms with Crippen LogP contribution < -0.4 is 5.32 Å². The molecule has 0 saturated heterocycles. The van der Waals surface area contributed by atoms with Crippen LogP contribution in [0.4, 0.5) is 15.8 Å². The minimum absolute atomic E-state index is 0.00872. The van der Waals surface area contributed by atoms with Crippen molar-refractivity contribution in [2.45, 2.75) is 13.0 Å². The Labute approximate surface area is 120 Å². The van der Waals surface area contributed by atoms with E-state index in [0.717, 1.165) is 5.56 Å². The maximum atomic E-state index is 13.5. The highest BCUT2D eigenvalue weighted by Gasteiger charge is 2.12. The number of nitriles is 1. The van der Waals surface area contributed by atoms with Crippen molar-refractivity contribution >= 4 is 11.4 Å². The molecule has 0 aromatic heterocycles. The molecule has 106 valence electrons. The second-order valence-electron chi connectivity index (χ2n) is 4.49. The van der Waals surface area contributed by atoms with E-state index >= 15 is 0 Å². The summed E-state index contributed by atoms with van der Waals surface area (Å²) in [6, 6.07) is 12.0. The highest BCUT2D eigenvalue weighted by Crippen LogP contribution is 2.25. The summed E-state index contributed by atoms with van der Waals surface area (Å²) in [6.45, 7) is 1.83. The Morgan fingerprint density at radius 2 is 1.95 bits per heavy atom. The van der Waals surface area contributed by atoms with E-state index in [9.17, 15) is 14.5 Å². The Kier molecular flexibility index (Phi) is 4.14. The summed E-state index contributed by atoms with van der Waals surface area (Å²) < 4.78 is 13.5. The van der Waals surface area contributed by atoms with E-state index in [1.165, 1.54) is 24.3 Å². The van der Waals surface area contributed by atoms with E-state index in [1.807, 2.05) is 13.0 Å². The van der Waals surface area contributed by atoms with E-state index in [-0.39, 0.29) is 17.3 Å². The average Bonchev–Trinajstić information content (AvgIpc) is 2.47. The Hall–Kier alpha value is -2.94. The van der Waals surface area contributed by atoms with Crippen LogP contribution in [0.15, 0.2) is 42.5 Å². The number of hydrogen-bond donors (Lipinski definition) is 1. The lowest BCUT2D eigenvalue weighted by atomic mass is 10.1. The summed E-state index contributed by atoms with van der Waals surface area (Å²) >= 11 is 0. The molecule has 2 rings (SSSR count). The summed E-state index contributed by atoms with van der Waals surface area (Å²) in [7, 11) is 0. The van der Waals surface area contributed by atoms with E-state index in [4.69, 9.17) is 5.26 Å². The number of benzene rings is 2. The first-order chi connectivity index (χ1) is 10.0. The fourth-order valence-electron chi connectivity index (χ4n) is 1.96. The number of rotatable bonds is 4. The summed E-state index contributed by atoms with van der Waals surface area (Å²) in [5, 5.41) is 22.6. The molecule has 0 spiro atoms. The van der Waals surface area contributed by atoms with Crippen molar-refractivity contribution in [3.05, 3.63) is 69.5 Å². The van der Waals surface area contributed by atoms with Crippen LogP contribution in [-0.2, 0) is 0 Å². The Bertz CT molecular complexity index is 708. The zero-order valence-electron chi connectivity index (χ0n) is 11.2. The fraction of sp³-hybridized carbons (Fsp3) is 0.133. The van der Waals surface area contributed by atoms with Crippen LogP contribution in [0.2, 0.25) is 0 Å². The van der Waals surface area contributed by atoms with E-state index in [0.29, 0.717) is 5.69 Å². The van der Waals surface area contributed by atoms with Crippen molar-refractivity contribution in [3.63, 3.8) is 0 Å². The van der Waals surface area contributed by atoms with Crippen molar-refractivity contribution in [2.75, 3.05) is 5.32 Å². The number of nitrogens with zero attached hydrogens (tertiary/aromatic N) is 2. The lowest BCUT2D eigenvalue weighted by Crippen LogP contribution is -2.08. The van der Waals surface area contributed by atoms with Crippen LogP contribution in [0.25, 0.3) is 0 Å². The van der Waals surface area contributed by atoms with Gasteiger partial charge in [0.2, 0.25) is 0 Å². The van der Waals surface area contributed by atoms with Crippen LogP contribution in [0.3, 0.4) is 0 Å². The molecule has 0 aliphatic heterocycles. The van der Waals surface area contributed by atoms with Crippen LogP contribution in [0.5, 0.6) is 0 Å². The number of halogens is 1. The molecule has 0 radical (unpaired) electrons. The lowest BCUT2D eigenvalue weighted by Gasteiger charge is -2.16. The Morgan fingerprint density at radius 1 is 1.29 bits per heavy atom. The third kappa shape index (κ3) is 3.15. The van der Waals surface area contributed by atoms with Gasteiger partial charge in [-0.05, 0) is 24.6 Å². The molecule has 0 bridgehead atoms. The predicted molar refractivity (Wildman–Crippen MR) is 76.2 cm³/mol. The SMILES string of the molecule is CC(Nc1cccc(F)c1C#N)c1ccc([N+](=O)[O-])cc1. The molecule has 21 heavy (non-hydrogen) atoms. The molecule has 0 aliphatic carbocycles. The molecule has 0 aliphatic rings. The highest BCUT2D eigenvalue weighted by molar-refractivity contribution is 5.59. The van der Waals surface area contributed by atoms with Gasteiger partial charge in [0.1, 0.15) is 17.4 Å². The zero-order chi connectivity index (χ0) is 15.4. The summed E-state index contributed by atoms with van der Waals surface area (Å²) in [6.07, 6.45) is 0. The third-order valence-electron chi connectivity index (χ3n) is 3.10. The van der Waals surface area contributed by atoms with Crippen molar-refractivity contribution in [1.29, 1.82) is 5.26 Å². The molecule has 0 amide bonds. The van der Waals surface area contributed by atoms with E-state index in [2.05, 4.69) is 5.32 Å². The first-order valence-electron chi connectivity index (χ1n) is 6.22. The summed E-state index contributed by atoms with van der Waals surface area (Å²) in [4.78, 5) is 10.1. The molecule has 5 nitrogen and oxygen atoms in total. The standard InChI is InChI=1S/C15H12FN3O2/c1-10(11-5-7-12(8-6-11)19(20)21)18-15-4-2-3-14(16)13(15)9-17/h2-8,10,18H,1H3. The van der Waals surface area contributed by atoms with Crippen molar-refractivity contribution in [3.8, 4) is 6.07 Å². The summed E-state index contributed by atoms with van der Waals surface area (Å²) in [5.41, 5.74) is 1.15. The lowest BCUT2D eigenvalue weighted by molar-refractivity contribution is -0.384. The van der Waals surface area contributed by atoms with Gasteiger partial charge in [-0.15, -0.1) is 0 Å². The Morgan fingerprint density at radius 3 is 2.52 bits per heavy atom. The fourth-order valence-corrected chi connectivity index (χ4v) is 1.96. The van der Waals surface area contributed by atoms with Crippen LogP contribution in [0.1, 0.15) is 24.1 Å². The molecular formula is C15H12FN3O2. The van der Waals surface area contributed by atoms with Crippen molar-refractivity contribution < 1.29 is 9.31 Å². The second kappa shape index (κ2) is 6.01. The number of anilines is 1. The number of nitro benzene ring substituents is 1. The number of hydrogen-bond acceptors (Lipinski definition) is 4. The maximum Gasteiger partial charge on any atom is 0.269 e. The molecule has 1 unspecified atom stereocenters. The number of non-ortho nitro benzene ring substituents is 1. The quantitative estimate of drug-likeness (QED) is 0.685. The molecular weight excluding hydrogens is 273 g/mol. The van der Waals surface area contributed by atoms with Crippen LogP contribution in [0, 0.1) is 27.3 Å². The van der Waals surface area contributed by atoms with E-state index in [1.54, 1.807) is 18.2 Å². The minimum atomic E-state index is -0.585. The zero-order valence-corrected chi connectivity index (χ0v) is 11.2. The van der Waals surface area contributed by atoms with Crippen LogP contribution >= 0.6 is 0 Å². The first kappa shape index (κ1) is 14.5. The van der Waals surface area contributed by atoms with Gasteiger partial charge in [-0.2, -0.15) is 5.26 Å². The molecule has 1 N–H and O–H groups in total. The van der Waals surface area contributed by atoms with Crippen molar-refractivity contribution in [2.24, 2.45) is 0 Å². The highest BCUT2D eigenvalue weighted by atomic mass is 19.1. The molecule has 0 heterocycles. The van der Waals surface area contributed by atoms with Crippen molar-refractivity contribution in [1.82, 2.24) is 0 Å². The largest absolute Gasteiger partial charge is 0.377 e. The second-order valence-corrected chi connectivity index (χ2v) is 4.49. The monoisotopic (exact) mass is 285 g/mol. The number of nitro groups is 1. The van der Waals surface area contributed by atoms with Gasteiger partial charge < -0.3 is 5.32 Å². The van der Waals surface area contributed by atoms with Gasteiger partial charge in [0.25, 0.3) is 5.69 Å². The van der Waals surface area contributed by atoms with Gasteiger partial charge in [0.15, 0.2) is 0 Å². The Balaban J connectivity index is 2.22. The predicted octanol–water partition coefficient (Wildman–Crippen LogP) is 3.78. The van der Waals surface area contributed by atoms with Gasteiger partial charge in [0, 0.05) is 18.2 Å². The average molecular weight is 285 g/mol. The van der Waals surface area contributed by atoms with Gasteiger partial charge in [-0.3, -0.25) is 10.1 Å². The topological polar surface area (TPSA) is 79.0 Å². The smallest absolute Gasteiger partial charge is 0.269 e. The first-order valence-corrected chi connectivity index (χ1v) is 6.22. The van der Waals surface area contributed by atoms with Gasteiger partial charge >= 0.3 is 0 Å². The van der Waals surface area contributed by atoms with Crippen LogP contribution in [-0.4, -0.2) is 4.92 Å². The van der Waals surface area contributed by atoms with Gasteiger partial charge in [-0.25, -0.2) is 4.39 Å². The molecule has 0 saturated carbocycles. The van der Waals surface area contributed by atoms with E-state index < -0.39 is 10.7 Å². The minimum Gasteiger partial charge on any atom is -0.377 e. The third-order valence-corrected chi connectivity index (χ3v) is 3.10. The summed E-state index contributed by atoms with van der Waals surface area (Å²) in [5.74, 6) is -0.585.